The molecule has 0 saturated carbocycles. The molecule has 0 atom stereocenters. The number of hydrogen-bond donors (Lipinski definition) is 0. The van der Waals surface area contributed by atoms with E-state index in [9.17, 15) is 0 Å². The molecule has 0 unspecified atom stereocenters. The largest absolute Gasteiger partial charge is 0.283 e. The van der Waals surface area contributed by atoms with E-state index in [4.69, 9.17) is 19.3 Å². The molecule has 6 heteroatoms. The molecule has 0 aliphatic rings. The van der Waals surface area contributed by atoms with E-state index in [1.807, 2.05) is 0 Å². The van der Waals surface area contributed by atoms with E-state index in [1.165, 1.54) is 0 Å². The zero-order valence-electron chi connectivity index (χ0n) is 7.67. The Balaban J connectivity index is 3.70. The molecule has 0 bridgehead atoms. The Morgan fingerprint density at radius 2 is 1.27 bits per heavy atom. The van der Waals surface area contributed by atoms with Crippen molar-refractivity contribution in [1.82, 2.24) is 0 Å². The van der Waals surface area contributed by atoms with Crippen LogP contribution in [0.15, 0.2) is 0 Å². The second kappa shape index (κ2) is 10.0. The number of rotatable bonds is 8. The van der Waals surface area contributed by atoms with E-state index >= 15 is 0 Å². The van der Waals surface area contributed by atoms with Crippen LogP contribution in [0.5, 0.6) is 0 Å². The molecule has 0 aromatic carbocycles. The van der Waals surface area contributed by atoms with Crippen LogP contribution in [0.2, 0.25) is 0 Å². The standard InChI is InChI=1S/C9H8O6/c1-4-10-13-7-9(15-12-6-3)8-14-11-5-2/h1-3,9H,7-8H2. The van der Waals surface area contributed by atoms with Gasteiger partial charge in [-0.25, -0.2) is 0 Å². The van der Waals surface area contributed by atoms with Crippen molar-refractivity contribution in [3.05, 3.63) is 0 Å². The van der Waals surface area contributed by atoms with Crippen LogP contribution in [0, 0.1) is 37.6 Å². The van der Waals surface area contributed by atoms with Gasteiger partial charge in [0.2, 0.25) is 0 Å². The van der Waals surface area contributed by atoms with Crippen molar-refractivity contribution in [3.63, 3.8) is 0 Å². The highest BCUT2D eigenvalue weighted by molar-refractivity contribution is 4.67. The minimum atomic E-state index is -0.706. The van der Waals surface area contributed by atoms with Gasteiger partial charge >= 0.3 is 0 Å². The second-order valence-corrected chi connectivity index (χ2v) is 1.89. The van der Waals surface area contributed by atoms with Gasteiger partial charge in [0.15, 0.2) is 24.4 Å². The Bertz CT molecular complexity index is 248. The van der Waals surface area contributed by atoms with Crippen LogP contribution in [-0.4, -0.2) is 19.3 Å². The second-order valence-electron chi connectivity index (χ2n) is 1.89. The molecule has 0 fully saturated rings. The Labute approximate surface area is 87.1 Å². The van der Waals surface area contributed by atoms with Crippen LogP contribution >= 0.6 is 0 Å². The molecule has 0 aliphatic carbocycles. The first-order valence-electron chi connectivity index (χ1n) is 3.61. The van der Waals surface area contributed by atoms with Gasteiger partial charge in [0.25, 0.3) is 0 Å². The van der Waals surface area contributed by atoms with Gasteiger partial charge in [-0.2, -0.15) is 14.7 Å². The third-order valence-corrected chi connectivity index (χ3v) is 0.954. The van der Waals surface area contributed by atoms with Gasteiger partial charge in [-0.3, -0.25) is 14.7 Å². The molecule has 0 aliphatic heterocycles. The topological polar surface area (TPSA) is 55.4 Å². The lowest BCUT2D eigenvalue weighted by molar-refractivity contribution is -0.348. The first-order valence-corrected chi connectivity index (χ1v) is 3.61. The van der Waals surface area contributed by atoms with Crippen LogP contribution in [0.4, 0.5) is 0 Å². The van der Waals surface area contributed by atoms with Crippen molar-refractivity contribution in [3.8, 4) is 37.6 Å². The SMILES string of the molecule is C#COOCC(COOC#C)OOC#C. The van der Waals surface area contributed by atoms with Gasteiger partial charge < -0.3 is 0 Å². The molecule has 0 spiro atoms. The Hall–Kier alpha value is -2.04. The van der Waals surface area contributed by atoms with Crippen LogP contribution in [-0.2, 0) is 29.3 Å². The quantitative estimate of drug-likeness (QED) is 0.244. The first kappa shape index (κ1) is 13.0. The van der Waals surface area contributed by atoms with Crippen LogP contribution in [0.3, 0.4) is 0 Å². The molecule has 0 heterocycles. The molecule has 0 aromatic heterocycles. The zero-order valence-corrected chi connectivity index (χ0v) is 7.67. The lowest BCUT2D eigenvalue weighted by Gasteiger charge is -2.11. The highest BCUT2D eigenvalue weighted by Crippen LogP contribution is 1.96. The Kier molecular flexibility index (Phi) is 8.68. The highest BCUT2D eigenvalue weighted by atomic mass is 17.2. The summed E-state index contributed by atoms with van der Waals surface area (Å²) < 4.78 is 0. The summed E-state index contributed by atoms with van der Waals surface area (Å²) in [5.41, 5.74) is 0. The van der Waals surface area contributed by atoms with Gasteiger partial charge in [0, 0.05) is 0 Å². The third kappa shape index (κ3) is 8.29. The summed E-state index contributed by atoms with van der Waals surface area (Å²) in [7, 11) is 0. The van der Waals surface area contributed by atoms with Crippen molar-refractivity contribution in [2.24, 2.45) is 0 Å². The molecule has 0 aromatic rings. The molecule has 15 heavy (non-hydrogen) atoms. The Morgan fingerprint density at radius 3 is 1.67 bits per heavy atom. The summed E-state index contributed by atoms with van der Waals surface area (Å²) in [6.07, 6.45) is 18.9. The fraction of sp³-hybridized carbons (Fsp3) is 0.333. The predicted molar refractivity (Wildman–Crippen MR) is 46.5 cm³/mol. The van der Waals surface area contributed by atoms with Crippen molar-refractivity contribution >= 4 is 0 Å². The minimum Gasteiger partial charge on any atom is -0.283 e. The van der Waals surface area contributed by atoms with Crippen LogP contribution in [0.25, 0.3) is 0 Å². The van der Waals surface area contributed by atoms with Gasteiger partial charge in [-0.15, -0.1) is 0 Å². The van der Waals surface area contributed by atoms with Gasteiger partial charge in [0.05, 0.1) is 0 Å². The lowest BCUT2D eigenvalue weighted by atomic mass is 10.4. The van der Waals surface area contributed by atoms with E-state index in [1.54, 1.807) is 18.3 Å². The first-order chi connectivity index (χ1) is 7.35. The van der Waals surface area contributed by atoms with E-state index in [0.29, 0.717) is 0 Å². The Morgan fingerprint density at radius 1 is 0.800 bits per heavy atom. The molecule has 0 rings (SSSR count). The molecule has 80 valence electrons. The third-order valence-electron chi connectivity index (χ3n) is 0.954. The maximum Gasteiger partial charge on any atom is 0.160 e. The lowest BCUT2D eigenvalue weighted by Crippen LogP contribution is -2.25. The molecule has 0 radical (unpaired) electrons. The maximum absolute atomic E-state index is 4.78. The maximum atomic E-state index is 4.78. The molecule has 6 nitrogen and oxygen atoms in total. The fourth-order valence-electron chi connectivity index (χ4n) is 0.487. The highest BCUT2D eigenvalue weighted by Gasteiger charge is 2.13. The normalized spacial score (nSPS) is 8.40. The van der Waals surface area contributed by atoms with Gasteiger partial charge in [-0.1, -0.05) is 19.3 Å². The molecule has 0 N–H and O–H groups in total. The van der Waals surface area contributed by atoms with Crippen LogP contribution < -0.4 is 0 Å². The summed E-state index contributed by atoms with van der Waals surface area (Å²) >= 11 is 0. The summed E-state index contributed by atoms with van der Waals surface area (Å²) in [6, 6.07) is 0. The number of hydrogen-bond acceptors (Lipinski definition) is 6. The summed E-state index contributed by atoms with van der Waals surface area (Å²) in [6.45, 7) is -0.167. The summed E-state index contributed by atoms with van der Waals surface area (Å²) in [4.78, 5) is 26.1. The summed E-state index contributed by atoms with van der Waals surface area (Å²) in [5.74, 6) is 0. The van der Waals surface area contributed by atoms with E-state index in [0.717, 1.165) is 0 Å². The minimum absolute atomic E-state index is 0.0835. The van der Waals surface area contributed by atoms with Crippen molar-refractivity contribution in [1.29, 1.82) is 0 Å². The molecular weight excluding hydrogens is 204 g/mol. The molecular formula is C9H8O6. The predicted octanol–water partition coefficient (Wildman–Crippen LogP) is -0.0283. The average Bonchev–Trinajstić information content (AvgIpc) is 2.25. The molecule has 0 saturated heterocycles. The smallest absolute Gasteiger partial charge is 0.160 e. The van der Waals surface area contributed by atoms with Gasteiger partial charge in [-0.05, 0) is 0 Å². The average molecular weight is 212 g/mol. The summed E-state index contributed by atoms with van der Waals surface area (Å²) in [5, 5.41) is 0. The number of terminal acetylenes is 3. The van der Waals surface area contributed by atoms with Crippen LogP contribution in [0.1, 0.15) is 0 Å². The van der Waals surface area contributed by atoms with Crippen molar-refractivity contribution in [2.75, 3.05) is 13.2 Å². The molecule has 0 amide bonds. The monoisotopic (exact) mass is 212 g/mol. The van der Waals surface area contributed by atoms with Crippen molar-refractivity contribution in [2.45, 2.75) is 6.10 Å². The fourth-order valence-corrected chi connectivity index (χ4v) is 0.487. The van der Waals surface area contributed by atoms with Crippen molar-refractivity contribution < 1.29 is 29.3 Å². The van der Waals surface area contributed by atoms with Gasteiger partial charge in [0.1, 0.15) is 13.2 Å². The van der Waals surface area contributed by atoms with E-state index in [2.05, 4.69) is 29.3 Å². The zero-order chi connectivity index (χ0) is 11.4. The van der Waals surface area contributed by atoms with E-state index < -0.39 is 6.10 Å². The van der Waals surface area contributed by atoms with E-state index in [-0.39, 0.29) is 13.2 Å².